The highest BCUT2D eigenvalue weighted by molar-refractivity contribution is 7.13. The van der Waals surface area contributed by atoms with Gasteiger partial charge in [-0.05, 0) is 12.1 Å². The van der Waals surface area contributed by atoms with Gasteiger partial charge >= 0.3 is 0 Å². The van der Waals surface area contributed by atoms with E-state index in [1.54, 1.807) is 17.5 Å². The number of methoxy groups -OCH3 is 1. The van der Waals surface area contributed by atoms with E-state index in [1.165, 1.54) is 24.5 Å². The number of ether oxygens (including phenoxy) is 1. The molecule has 2 rings (SSSR count). The predicted molar refractivity (Wildman–Crippen MR) is 58.5 cm³/mol. The highest BCUT2D eigenvalue weighted by atomic mass is 79.9. The zero-order chi connectivity index (χ0) is 10.8. The van der Waals surface area contributed by atoms with Crippen molar-refractivity contribution in [2.24, 2.45) is 0 Å². The third-order valence-corrected chi connectivity index (χ3v) is 2.65. The van der Waals surface area contributed by atoms with Crippen molar-refractivity contribution in [2.75, 3.05) is 12.8 Å². The van der Waals surface area contributed by atoms with E-state index in [2.05, 4.69) is 4.98 Å². The van der Waals surface area contributed by atoms with Gasteiger partial charge in [-0.1, -0.05) is 0 Å². The Labute approximate surface area is 107 Å². The predicted octanol–water partition coefficient (Wildman–Crippen LogP) is -0.456. The Morgan fingerprint density at radius 1 is 1.44 bits per heavy atom. The van der Waals surface area contributed by atoms with Crippen LogP contribution in [0.1, 0.15) is 0 Å². The number of nitrogen functional groups attached to an aromatic ring is 1. The molecule has 6 heteroatoms. The van der Waals surface area contributed by atoms with Gasteiger partial charge < -0.3 is 27.5 Å². The smallest absolute Gasteiger partial charge is 0.180 e. The Morgan fingerprint density at radius 2 is 2.19 bits per heavy atom. The Kier molecular flexibility index (Phi) is 4.26. The van der Waals surface area contributed by atoms with Crippen LogP contribution in [0.15, 0.2) is 23.6 Å². The number of hydrogen-bond donors (Lipinski definition) is 1. The average molecular weight is 304 g/mol. The third kappa shape index (κ3) is 2.51. The molecule has 0 radical (unpaired) electrons. The highest BCUT2D eigenvalue weighted by Crippen LogP contribution is 2.27. The van der Waals surface area contributed by atoms with Crippen LogP contribution in [-0.4, -0.2) is 12.1 Å². The number of benzene rings is 1. The van der Waals surface area contributed by atoms with Crippen LogP contribution in [0, 0.1) is 5.82 Å². The molecule has 0 saturated heterocycles. The highest BCUT2D eigenvalue weighted by Gasteiger charge is 2.09. The zero-order valence-corrected chi connectivity index (χ0v) is 10.8. The monoisotopic (exact) mass is 303 g/mol. The van der Waals surface area contributed by atoms with E-state index in [1.807, 2.05) is 0 Å². The minimum absolute atomic E-state index is 0. The van der Waals surface area contributed by atoms with Crippen molar-refractivity contribution in [1.82, 2.24) is 4.98 Å². The van der Waals surface area contributed by atoms with Crippen molar-refractivity contribution in [3.8, 4) is 17.0 Å². The van der Waals surface area contributed by atoms with E-state index < -0.39 is 0 Å². The molecule has 0 amide bonds. The van der Waals surface area contributed by atoms with Gasteiger partial charge in [-0.25, -0.2) is 9.37 Å². The summed E-state index contributed by atoms with van der Waals surface area (Å²) in [6.07, 6.45) is 0. The first-order chi connectivity index (χ1) is 7.20. The second-order valence-electron chi connectivity index (χ2n) is 2.92. The van der Waals surface area contributed by atoms with Gasteiger partial charge in [0.25, 0.3) is 0 Å². The van der Waals surface area contributed by atoms with Crippen LogP contribution >= 0.6 is 11.3 Å². The van der Waals surface area contributed by atoms with Crippen LogP contribution in [0.5, 0.6) is 5.75 Å². The molecule has 0 saturated carbocycles. The van der Waals surface area contributed by atoms with Crippen LogP contribution in [-0.2, 0) is 0 Å². The van der Waals surface area contributed by atoms with Crippen LogP contribution in [0.25, 0.3) is 11.3 Å². The van der Waals surface area contributed by atoms with Crippen LogP contribution in [0.3, 0.4) is 0 Å². The van der Waals surface area contributed by atoms with Gasteiger partial charge in [0.15, 0.2) is 5.13 Å². The molecule has 0 unspecified atom stereocenters. The summed E-state index contributed by atoms with van der Waals surface area (Å²) in [5, 5.41) is 2.15. The van der Waals surface area contributed by atoms with Gasteiger partial charge in [0, 0.05) is 17.0 Å². The summed E-state index contributed by atoms with van der Waals surface area (Å²) in [6, 6.07) is 4.64. The number of anilines is 1. The van der Waals surface area contributed by atoms with Crippen molar-refractivity contribution in [3.05, 3.63) is 29.4 Å². The fourth-order valence-corrected chi connectivity index (χ4v) is 1.80. The minimum Gasteiger partial charge on any atom is -1.00 e. The standard InChI is InChI=1S/C10H9FN2OS.BrH/c1-14-6-2-3-7(8(11)4-6)9-5-15-10(12)13-9;/h2-5H,1H3,(H2,12,13);1H/p-1. The molecule has 2 aromatic rings. The Balaban J connectivity index is 0.00000128. The summed E-state index contributed by atoms with van der Waals surface area (Å²) >= 11 is 1.29. The van der Waals surface area contributed by atoms with Gasteiger partial charge in [0.2, 0.25) is 0 Å². The largest absolute Gasteiger partial charge is 1.00 e. The number of nitrogens with zero attached hydrogens (tertiary/aromatic N) is 1. The van der Waals surface area contributed by atoms with E-state index in [0.717, 1.165) is 0 Å². The fourth-order valence-electron chi connectivity index (χ4n) is 1.24. The first-order valence-corrected chi connectivity index (χ1v) is 5.13. The van der Waals surface area contributed by atoms with Gasteiger partial charge in [0.05, 0.1) is 12.8 Å². The van der Waals surface area contributed by atoms with Crippen molar-refractivity contribution in [2.45, 2.75) is 0 Å². The van der Waals surface area contributed by atoms with E-state index in [-0.39, 0.29) is 22.8 Å². The SMILES string of the molecule is COc1ccc(-c2csc(N)n2)c(F)c1.[Br-]. The maximum Gasteiger partial charge on any atom is 0.180 e. The molecular formula is C10H9BrFN2OS-. The van der Waals surface area contributed by atoms with Crippen molar-refractivity contribution in [1.29, 1.82) is 0 Å². The van der Waals surface area contributed by atoms with Crippen molar-refractivity contribution < 1.29 is 26.1 Å². The summed E-state index contributed by atoms with van der Waals surface area (Å²) in [5.41, 5.74) is 6.47. The van der Waals surface area contributed by atoms with E-state index in [0.29, 0.717) is 22.1 Å². The summed E-state index contributed by atoms with van der Waals surface area (Å²) in [4.78, 5) is 4.01. The Morgan fingerprint density at radius 3 is 2.69 bits per heavy atom. The molecule has 1 heterocycles. The summed E-state index contributed by atoms with van der Waals surface area (Å²) < 4.78 is 18.5. The quantitative estimate of drug-likeness (QED) is 0.817. The van der Waals surface area contributed by atoms with Crippen LogP contribution < -0.4 is 27.5 Å². The molecule has 0 atom stereocenters. The number of thiazole rings is 1. The normalized spacial score (nSPS) is 9.62. The van der Waals surface area contributed by atoms with E-state index in [4.69, 9.17) is 10.5 Å². The Bertz CT molecular complexity index is 489. The number of nitrogens with two attached hydrogens (primary N) is 1. The molecule has 0 spiro atoms. The van der Waals surface area contributed by atoms with Gasteiger partial charge in [-0.2, -0.15) is 0 Å². The molecule has 0 aliphatic carbocycles. The second kappa shape index (κ2) is 5.27. The van der Waals surface area contributed by atoms with E-state index in [9.17, 15) is 4.39 Å². The lowest BCUT2D eigenvalue weighted by Gasteiger charge is -2.02. The minimum atomic E-state index is -0.361. The lowest BCUT2D eigenvalue weighted by atomic mass is 10.1. The number of hydrogen-bond acceptors (Lipinski definition) is 4. The number of aromatic nitrogens is 1. The first-order valence-electron chi connectivity index (χ1n) is 4.25. The average Bonchev–Trinajstić information content (AvgIpc) is 2.64. The van der Waals surface area contributed by atoms with Crippen LogP contribution in [0.2, 0.25) is 0 Å². The third-order valence-electron chi connectivity index (χ3n) is 1.97. The summed E-state index contributed by atoms with van der Waals surface area (Å²) in [7, 11) is 1.50. The molecular weight excluding hydrogens is 295 g/mol. The molecule has 0 aliphatic rings. The molecule has 0 aliphatic heterocycles. The molecule has 0 bridgehead atoms. The first kappa shape index (κ1) is 12.9. The lowest BCUT2D eigenvalue weighted by molar-refractivity contribution is -0.00000400. The maximum atomic E-state index is 13.6. The topological polar surface area (TPSA) is 48.1 Å². The molecule has 0 fully saturated rings. The van der Waals surface area contributed by atoms with Gasteiger partial charge in [-0.15, -0.1) is 11.3 Å². The number of rotatable bonds is 2. The Hall–Kier alpha value is -1.14. The van der Waals surface area contributed by atoms with Crippen LogP contribution in [0.4, 0.5) is 9.52 Å². The molecule has 1 aromatic carbocycles. The molecule has 16 heavy (non-hydrogen) atoms. The number of halogens is 2. The zero-order valence-electron chi connectivity index (χ0n) is 8.41. The molecule has 1 aromatic heterocycles. The maximum absolute atomic E-state index is 13.6. The molecule has 3 nitrogen and oxygen atoms in total. The van der Waals surface area contributed by atoms with Gasteiger partial charge in [0.1, 0.15) is 11.6 Å². The molecule has 2 N–H and O–H groups in total. The summed E-state index contributed by atoms with van der Waals surface area (Å²) in [6.45, 7) is 0. The van der Waals surface area contributed by atoms with E-state index >= 15 is 0 Å². The van der Waals surface area contributed by atoms with Crippen molar-refractivity contribution >= 4 is 16.5 Å². The molecule has 86 valence electrons. The summed E-state index contributed by atoms with van der Waals surface area (Å²) in [5.74, 6) is 0.124. The van der Waals surface area contributed by atoms with Crippen molar-refractivity contribution in [3.63, 3.8) is 0 Å². The second-order valence-corrected chi connectivity index (χ2v) is 3.81. The lowest BCUT2D eigenvalue weighted by Crippen LogP contribution is -3.00. The fraction of sp³-hybridized carbons (Fsp3) is 0.100. The van der Waals surface area contributed by atoms with Gasteiger partial charge in [-0.3, -0.25) is 0 Å².